The van der Waals surface area contributed by atoms with Crippen LogP contribution in [0.25, 0.3) is 11.1 Å². The van der Waals surface area contributed by atoms with E-state index in [1.165, 1.54) is 30.3 Å². The van der Waals surface area contributed by atoms with Gasteiger partial charge in [0, 0.05) is 28.8 Å². The molecule has 3 aliphatic rings. The molecule has 2 N–H and O–H groups in total. The van der Waals surface area contributed by atoms with Crippen molar-refractivity contribution in [1.29, 1.82) is 0 Å². The molecule has 3 aliphatic heterocycles. The number of nitrogens with zero attached hydrogens (tertiary/aromatic N) is 2. The topological polar surface area (TPSA) is 120 Å². The lowest BCUT2D eigenvalue weighted by molar-refractivity contribution is -0.376. The summed E-state index contributed by atoms with van der Waals surface area (Å²) in [7, 11) is 0. The molecule has 1 fully saturated rings. The van der Waals surface area contributed by atoms with Crippen molar-refractivity contribution in [2.45, 2.75) is 88.3 Å². The van der Waals surface area contributed by atoms with E-state index in [9.17, 15) is 77.3 Å². The standard InChI is InChI=1S/C44H34F12N2O7/c1-6-12-57-35(59)25-11-9-23(16-30(25)36(57)60)64-22-8-10-24-29(15-22)34-38(65-34)58(37(24)61)33-14-21(5)27(18-32(33)40(63,43(51,52)53)44(54,55)56)26-17-31(28(13-20(26)4)19(3)7-2)39(62,41(45,46)47)42(48,49)50/h7-11,13-19,34,38,62-63H,2,6,12H2,1,3-5H3. The summed E-state index contributed by atoms with van der Waals surface area (Å²) in [4.78, 5) is 41.2. The van der Waals surface area contributed by atoms with Gasteiger partial charge in [-0.25, -0.2) is 0 Å². The monoisotopic (exact) mass is 930 g/mol. The predicted octanol–water partition coefficient (Wildman–Crippen LogP) is 10.7. The second kappa shape index (κ2) is 15.3. The molecule has 0 radical (unpaired) electrons. The van der Waals surface area contributed by atoms with Gasteiger partial charge in [-0.2, -0.15) is 52.7 Å². The number of hydrogen-bond acceptors (Lipinski definition) is 7. The van der Waals surface area contributed by atoms with E-state index in [1.54, 1.807) is 6.92 Å². The van der Waals surface area contributed by atoms with Crippen molar-refractivity contribution in [2.75, 3.05) is 11.4 Å². The number of epoxide rings is 1. The smallest absolute Gasteiger partial charge is 0.430 e. The van der Waals surface area contributed by atoms with Gasteiger partial charge < -0.3 is 19.7 Å². The average molecular weight is 931 g/mol. The van der Waals surface area contributed by atoms with Crippen LogP contribution in [0.3, 0.4) is 0 Å². The van der Waals surface area contributed by atoms with Crippen molar-refractivity contribution in [2.24, 2.45) is 0 Å². The Kier molecular flexibility index (Phi) is 11.1. The van der Waals surface area contributed by atoms with Crippen LogP contribution in [0.4, 0.5) is 58.4 Å². The van der Waals surface area contributed by atoms with Crippen molar-refractivity contribution in [3.8, 4) is 22.6 Å². The van der Waals surface area contributed by atoms with E-state index in [2.05, 4.69) is 6.58 Å². The fourth-order valence-corrected chi connectivity index (χ4v) is 8.19. The number of carbonyl (C=O) groups is 3. The first-order chi connectivity index (χ1) is 29.9. The predicted molar refractivity (Wildman–Crippen MR) is 205 cm³/mol. The maximum absolute atomic E-state index is 14.8. The lowest BCUT2D eigenvalue weighted by Crippen LogP contribution is -2.55. The number of benzene rings is 4. The number of allylic oxidation sites excluding steroid dienone is 1. The van der Waals surface area contributed by atoms with Gasteiger partial charge in [0.25, 0.3) is 28.9 Å². The largest absolute Gasteiger partial charge is 0.457 e. The number of ether oxygens (including phenoxy) is 2. The van der Waals surface area contributed by atoms with Gasteiger partial charge >= 0.3 is 24.7 Å². The average Bonchev–Trinajstić information content (AvgIpc) is 3.97. The molecule has 9 nitrogen and oxygen atoms in total. The van der Waals surface area contributed by atoms with Crippen LogP contribution in [0.2, 0.25) is 0 Å². The Balaban J connectivity index is 1.36. The Hall–Kier alpha value is -5.93. The molecule has 346 valence electrons. The summed E-state index contributed by atoms with van der Waals surface area (Å²) < 4.78 is 186. The highest BCUT2D eigenvalue weighted by molar-refractivity contribution is 6.21. The van der Waals surface area contributed by atoms with Gasteiger partial charge in [-0.3, -0.25) is 24.2 Å². The number of rotatable bonds is 10. The number of carbonyl (C=O) groups excluding carboxylic acids is 3. The first kappa shape index (κ1) is 47.0. The Bertz CT molecular complexity index is 2640. The molecule has 0 aliphatic carbocycles. The van der Waals surface area contributed by atoms with Gasteiger partial charge in [0.15, 0.2) is 6.23 Å². The number of halogens is 12. The molecule has 4 aromatic rings. The molecule has 3 unspecified atom stereocenters. The lowest BCUT2D eigenvalue weighted by atomic mass is 9.79. The SMILES string of the molecule is C=CC(C)c1cc(C)c(-c2cc(C(O)(C(F)(F)F)C(F)(F)F)c(N3C(=O)c4ccc(Oc5ccc6c(c5)C(=O)N(CCC)C6=O)cc4C4OC43)cc2C)cc1C(O)(C(F)(F)F)C(F)(F)F. The Morgan fingerprint density at radius 3 is 1.71 bits per heavy atom. The summed E-state index contributed by atoms with van der Waals surface area (Å²) in [6.07, 6.45) is -27.6. The number of hydrogen-bond donors (Lipinski definition) is 2. The molecular weight excluding hydrogens is 896 g/mol. The van der Waals surface area contributed by atoms with Crippen LogP contribution in [-0.4, -0.2) is 70.3 Å². The minimum absolute atomic E-state index is 0.0250. The van der Waals surface area contributed by atoms with Crippen molar-refractivity contribution >= 4 is 23.4 Å². The maximum atomic E-state index is 14.8. The number of aryl methyl sites for hydroxylation is 2. The first-order valence-corrected chi connectivity index (χ1v) is 19.4. The van der Waals surface area contributed by atoms with Gasteiger partial charge in [0.1, 0.15) is 17.6 Å². The second-order valence-electron chi connectivity index (χ2n) is 15.8. The Morgan fingerprint density at radius 2 is 1.17 bits per heavy atom. The molecule has 3 amide bonds. The van der Waals surface area contributed by atoms with Crippen LogP contribution in [0.1, 0.15) is 96.7 Å². The van der Waals surface area contributed by atoms with Gasteiger partial charge in [-0.1, -0.05) is 26.0 Å². The van der Waals surface area contributed by atoms with Crippen LogP contribution >= 0.6 is 0 Å². The molecule has 0 spiro atoms. The molecule has 7 rings (SSSR count). The summed E-state index contributed by atoms with van der Waals surface area (Å²) in [5.74, 6) is -3.53. The highest BCUT2D eigenvalue weighted by Gasteiger charge is 2.74. The number of imide groups is 1. The van der Waals surface area contributed by atoms with Gasteiger partial charge in [-0.05, 0) is 109 Å². The molecule has 3 heterocycles. The molecule has 1 saturated heterocycles. The van der Waals surface area contributed by atoms with Crippen LogP contribution in [0.15, 0.2) is 73.3 Å². The van der Waals surface area contributed by atoms with E-state index in [0.29, 0.717) is 17.4 Å². The third-order valence-corrected chi connectivity index (χ3v) is 11.7. The summed E-state index contributed by atoms with van der Waals surface area (Å²) in [6.45, 7) is 8.55. The number of anilines is 1. The quantitative estimate of drug-likeness (QED) is 0.0703. The fraction of sp³-hybridized carbons (Fsp3) is 0.341. The zero-order valence-corrected chi connectivity index (χ0v) is 34.1. The Morgan fingerprint density at radius 1 is 0.677 bits per heavy atom. The number of amides is 3. The van der Waals surface area contributed by atoms with Crippen molar-refractivity contribution in [1.82, 2.24) is 4.90 Å². The van der Waals surface area contributed by atoms with E-state index >= 15 is 0 Å². The van der Waals surface area contributed by atoms with Crippen molar-refractivity contribution < 1.29 is 86.8 Å². The molecule has 21 heteroatoms. The van der Waals surface area contributed by atoms with Crippen LogP contribution in [-0.2, 0) is 15.9 Å². The molecule has 65 heavy (non-hydrogen) atoms. The zero-order valence-electron chi connectivity index (χ0n) is 34.1. The Labute approximate surface area is 360 Å². The zero-order chi connectivity index (χ0) is 48.3. The van der Waals surface area contributed by atoms with Gasteiger partial charge in [0.2, 0.25) is 0 Å². The summed E-state index contributed by atoms with van der Waals surface area (Å²) in [6, 6.07) is 9.23. The summed E-state index contributed by atoms with van der Waals surface area (Å²) >= 11 is 0. The molecule has 0 aromatic heterocycles. The highest BCUT2D eigenvalue weighted by Crippen LogP contribution is 2.58. The van der Waals surface area contributed by atoms with Gasteiger partial charge in [0.05, 0.1) is 16.8 Å². The number of alkyl halides is 12. The third-order valence-electron chi connectivity index (χ3n) is 11.7. The molecule has 3 atom stereocenters. The highest BCUT2D eigenvalue weighted by atomic mass is 19.4. The van der Waals surface area contributed by atoms with Crippen LogP contribution in [0.5, 0.6) is 11.5 Å². The van der Waals surface area contributed by atoms with Crippen molar-refractivity contribution in [3.05, 3.63) is 123 Å². The molecule has 4 aromatic carbocycles. The minimum atomic E-state index is -6.63. The first-order valence-electron chi connectivity index (χ1n) is 19.4. The van der Waals surface area contributed by atoms with E-state index in [0.717, 1.165) is 43.9 Å². The van der Waals surface area contributed by atoms with E-state index < -0.39 is 111 Å². The second-order valence-corrected chi connectivity index (χ2v) is 15.8. The van der Waals surface area contributed by atoms with E-state index in [4.69, 9.17) is 9.47 Å². The van der Waals surface area contributed by atoms with E-state index in [-0.39, 0.29) is 58.0 Å². The number of fused-ring (bicyclic) bond motifs is 4. The normalized spacial score (nSPS) is 18.4. The minimum Gasteiger partial charge on any atom is -0.457 e. The van der Waals surface area contributed by atoms with Crippen LogP contribution in [0, 0.1) is 13.8 Å². The summed E-state index contributed by atoms with van der Waals surface area (Å²) in [5, 5.41) is 21.4. The molecule has 0 bridgehead atoms. The van der Waals surface area contributed by atoms with Crippen molar-refractivity contribution in [3.63, 3.8) is 0 Å². The lowest BCUT2D eigenvalue weighted by Gasteiger charge is -2.37. The fourth-order valence-electron chi connectivity index (χ4n) is 8.19. The van der Waals surface area contributed by atoms with Crippen LogP contribution < -0.4 is 9.64 Å². The number of aliphatic hydroxyl groups is 2. The van der Waals surface area contributed by atoms with E-state index in [1.807, 2.05) is 0 Å². The maximum Gasteiger partial charge on any atom is 0.430 e. The third kappa shape index (κ3) is 7.22. The summed E-state index contributed by atoms with van der Waals surface area (Å²) in [5.41, 5.74) is -19.8. The molecule has 0 saturated carbocycles. The van der Waals surface area contributed by atoms with Gasteiger partial charge in [-0.15, -0.1) is 6.58 Å². The molecular formula is C44H34F12N2O7.